The third-order valence-electron chi connectivity index (χ3n) is 1.60. The molecule has 10 heavy (non-hydrogen) atoms. The van der Waals surface area contributed by atoms with Crippen LogP contribution in [0.25, 0.3) is 0 Å². The van der Waals surface area contributed by atoms with Crippen LogP contribution in [0.1, 0.15) is 20.8 Å². The summed E-state index contributed by atoms with van der Waals surface area (Å²) in [5.74, 6) is -0.246. The molecule has 0 aliphatic heterocycles. The molecule has 0 heterocycles. The highest BCUT2D eigenvalue weighted by atomic mass is 16.4. The van der Waals surface area contributed by atoms with E-state index in [0.29, 0.717) is 5.82 Å². The van der Waals surface area contributed by atoms with Gasteiger partial charge in [0.2, 0.25) is 0 Å². The maximum Gasteiger partial charge on any atom is 0.297 e. The molecular formula is C6H14B2O2. The van der Waals surface area contributed by atoms with Crippen LogP contribution >= 0.6 is 0 Å². The number of hydrogen-bond acceptors (Lipinski definition) is 1. The number of rotatable bonds is 4. The lowest BCUT2D eigenvalue weighted by molar-refractivity contribution is -0.136. The average Bonchev–Trinajstić information content (AvgIpc) is 1.82. The van der Waals surface area contributed by atoms with Gasteiger partial charge in [0, 0.05) is 5.82 Å². The predicted octanol–water partition coefficient (Wildman–Crippen LogP) is 0.496. The van der Waals surface area contributed by atoms with Gasteiger partial charge in [-0.15, -0.1) is 0 Å². The molecule has 0 bridgehead atoms. The molecule has 0 aliphatic carbocycles. The fourth-order valence-corrected chi connectivity index (χ4v) is 0.707. The molecule has 1 N–H and O–H groups in total. The van der Waals surface area contributed by atoms with E-state index in [1.807, 2.05) is 0 Å². The van der Waals surface area contributed by atoms with Gasteiger partial charge in [-0.3, -0.25) is 4.79 Å². The van der Waals surface area contributed by atoms with Crippen LogP contribution in [0.5, 0.6) is 0 Å². The van der Waals surface area contributed by atoms with E-state index >= 15 is 0 Å². The van der Waals surface area contributed by atoms with Gasteiger partial charge in [0.1, 0.15) is 7.17 Å². The van der Waals surface area contributed by atoms with Crippen LogP contribution in [0.15, 0.2) is 0 Å². The molecule has 0 saturated carbocycles. The van der Waals surface area contributed by atoms with Gasteiger partial charge in [0.15, 0.2) is 0 Å². The average molecular weight is 140 g/mol. The van der Waals surface area contributed by atoms with Crippen molar-refractivity contribution >= 4 is 20.3 Å². The van der Waals surface area contributed by atoms with Crippen LogP contribution in [0, 0.1) is 0 Å². The largest absolute Gasteiger partial charge is 0.482 e. The Kier molecular flexibility index (Phi) is 4.24. The van der Waals surface area contributed by atoms with Crippen LogP contribution in [-0.2, 0) is 4.79 Å². The number of aliphatic carboxylic acids is 1. The van der Waals surface area contributed by atoms with Crippen LogP contribution in [0.2, 0.25) is 11.6 Å². The summed E-state index contributed by atoms with van der Waals surface area (Å²) in [6, 6.07) is 0. The van der Waals surface area contributed by atoms with E-state index in [1.165, 1.54) is 0 Å². The van der Waals surface area contributed by atoms with Gasteiger partial charge in [0.25, 0.3) is 5.97 Å². The van der Waals surface area contributed by atoms with E-state index in [2.05, 4.69) is 13.8 Å². The lowest BCUT2D eigenvalue weighted by Gasteiger charge is -2.03. The van der Waals surface area contributed by atoms with E-state index in [1.54, 1.807) is 6.92 Å². The summed E-state index contributed by atoms with van der Waals surface area (Å²) in [6.07, 6.45) is 0. The molecule has 0 amide bonds. The Bertz CT molecular complexity index is 114. The number of carbonyl (C=O) groups is 1. The molecule has 0 fully saturated rings. The zero-order chi connectivity index (χ0) is 8.15. The summed E-state index contributed by atoms with van der Waals surface area (Å²) < 4.78 is 0. The third-order valence-corrected chi connectivity index (χ3v) is 1.60. The Morgan fingerprint density at radius 3 is 2.10 bits per heavy atom. The van der Waals surface area contributed by atoms with Gasteiger partial charge >= 0.3 is 0 Å². The molecule has 4 heteroatoms. The molecule has 0 saturated heterocycles. The molecule has 0 aromatic carbocycles. The summed E-state index contributed by atoms with van der Waals surface area (Å²) in [7, 11) is 1.81. The first-order chi connectivity index (χ1) is 4.54. The molecule has 0 spiro atoms. The van der Waals surface area contributed by atoms with Crippen molar-refractivity contribution in [3.63, 3.8) is 0 Å². The highest BCUT2D eigenvalue weighted by Gasteiger charge is 2.12. The Labute approximate surface area is 63.5 Å². The first-order valence-electron chi connectivity index (χ1n) is 3.76. The van der Waals surface area contributed by atoms with E-state index < -0.39 is 5.97 Å². The fraction of sp³-hybridized carbons (Fsp3) is 0.833. The van der Waals surface area contributed by atoms with E-state index in [0.717, 1.165) is 14.3 Å². The van der Waals surface area contributed by atoms with E-state index in [4.69, 9.17) is 5.11 Å². The third kappa shape index (κ3) is 4.48. The van der Waals surface area contributed by atoms with Crippen LogP contribution in [-0.4, -0.2) is 25.4 Å². The summed E-state index contributed by atoms with van der Waals surface area (Å²) in [4.78, 5) is 10.3. The van der Waals surface area contributed by atoms with Crippen LogP contribution in [0.4, 0.5) is 0 Å². The highest BCUT2D eigenvalue weighted by molar-refractivity contribution is 7.02. The lowest BCUT2D eigenvalue weighted by atomic mass is 9.30. The summed E-state index contributed by atoms with van der Waals surface area (Å²) >= 11 is 0. The summed E-state index contributed by atoms with van der Waals surface area (Å²) in [6.45, 7) is 5.97. The van der Waals surface area contributed by atoms with Crippen LogP contribution < -0.4 is 0 Å². The first kappa shape index (κ1) is 9.60. The molecular weight excluding hydrogens is 126 g/mol. The Morgan fingerprint density at radius 1 is 1.30 bits per heavy atom. The first-order valence-corrected chi connectivity index (χ1v) is 3.76. The van der Waals surface area contributed by atoms with Gasteiger partial charge in [-0.2, -0.15) is 0 Å². The minimum absolute atomic E-state index is 0.178. The minimum Gasteiger partial charge on any atom is -0.482 e. The second kappa shape index (κ2) is 4.42. The monoisotopic (exact) mass is 140 g/mol. The smallest absolute Gasteiger partial charge is 0.297 e. The van der Waals surface area contributed by atoms with Crippen molar-refractivity contribution in [3.05, 3.63) is 0 Å². The second-order valence-corrected chi connectivity index (χ2v) is 3.21. The molecule has 0 aromatic heterocycles. The minimum atomic E-state index is -0.680. The zero-order valence-corrected chi connectivity index (χ0v) is 6.92. The fourth-order valence-electron chi connectivity index (χ4n) is 0.707. The van der Waals surface area contributed by atoms with Gasteiger partial charge in [-0.05, 0) is 0 Å². The van der Waals surface area contributed by atoms with Crippen molar-refractivity contribution in [2.45, 2.75) is 32.4 Å². The lowest BCUT2D eigenvalue weighted by Crippen LogP contribution is -2.18. The van der Waals surface area contributed by atoms with Crippen molar-refractivity contribution in [2.75, 3.05) is 0 Å². The number of carboxylic acids is 1. The maximum atomic E-state index is 10.3. The maximum absolute atomic E-state index is 10.3. The Hall–Kier alpha value is -0.400. The Balaban J connectivity index is 3.40. The van der Waals surface area contributed by atoms with Gasteiger partial charge in [0.05, 0.1) is 7.17 Å². The van der Waals surface area contributed by atoms with Crippen molar-refractivity contribution in [2.24, 2.45) is 0 Å². The molecule has 1 atom stereocenters. The van der Waals surface area contributed by atoms with Crippen molar-refractivity contribution in [1.82, 2.24) is 0 Å². The van der Waals surface area contributed by atoms with Gasteiger partial charge < -0.3 is 5.11 Å². The quantitative estimate of drug-likeness (QED) is 0.577. The molecule has 56 valence electrons. The molecule has 0 radical (unpaired) electrons. The molecule has 0 aromatic rings. The SMILES string of the molecule is CC(C)BBC(C)C(=O)O. The predicted molar refractivity (Wildman–Crippen MR) is 46.5 cm³/mol. The van der Waals surface area contributed by atoms with E-state index in [9.17, 15) is 4.79 Å². The van der Waals surface area contributed by atoms with Gasteiger partial charge in [-0.1, -0.05) is 26.6 Å². The highest BCUT2D eigenvalue weighted by Crippen LogP contribution is 2.03. The second-order valence-electron chi connectivity index (χ2n) is 3.21. The van der Waals surface area contributed by atoms with E-state index in [-0.39, 0.29) is 5.82 Å². The normalized spacial score (nSPS) is 12.8. The molecule has 0 rings (SSSR count). The molecule has 0 aliphatic rings. The molecule has 2 nitrogen and oxygen atoms in total. The number of carboxylic acid groups (broad SMARTS) is 1. The molecule has 1 unspecified atom stereocenters. The topological polar surface area (TPSA) is 37.3 Å². The van der Waals surface area contributed by atoms with Crippen LogP contribution in [0.3, 0.4) is 0 Å². The number of hydrogen-bond donors (Lipinski definition) is 1. The van der Waals surface area contributed by atoms with Crippen molar-refractivity contribution in [1.29, 1.82) is 0 Å². The standard InChI is InChI=1S/C6H14B2O2/c1-4(2)7-8-5(3)6(9)10/h4-5,7-8H,1-3H3,(H,9,10). The summed E-state index contributed by atoms with van der Waals surface area (Å²) in [5, 5.41) is 8.49. The summed E-state index contributed by atoms with van der Waals surface area (Å²) in [5.41, 5.74) is 0. The van der Waals surface area contributed by atoms with Gasteiger partial charge in [-0.25, -0.2) is 0 Å². The van der Waals surface area contributed by atoms with Crippen molar-refractivity contribution < 1.29 is 9.90 Å². The Morgan fingerprint density at radius 2 is 1.80 bits per heavy atom. The van der Waals surface area contributed by atoms with Crippen molar-refractivity contribution in [3.8, 4) is 0 Å². The zero-order valence-electron chi connectivity index (χ0n) is 6.92.